The summed E-state index contributed by atoms with van der Waals surface area (Å²) in [4.78, 5) is 36.6. The lowest BCUT2D eigenvalue weighted by Crippen LogP contribution is -3.11. The molecule has 0 heterocycles. The van der Waals surface area contributed by atoms with Gasteiger partial charge < -0.3 is 30.3 Å². The van der Waals surface area contributed by atoms with Crippen LogP contribution >= 0.6 is 0 Å². The Morgan fingerprint density at radius 2 is 1.43 bits per heavy atom. The third kappa shape index (κ3) is 7.10. The molecule has 0 saturated heterocycles. The quantitative estimate of drug-likeness (QED) is 0.483. The van der Waals surface area contributed by atoms with Crippen molar-refractivity contribution >= 4 is 34.8 Å². The van der Waals surface area contributed by atoms with Crippen LogP contribution in [0.5, 0.6) is 11.5 Å². The lowest BCUT2D eigenvalue weighted by molar-refractivity contribution is -0.862. The fraction of sp³-hybridized carbons (Fsp3) is 0.286. The zero-order valence-corrected chi connectivity index (χ0v) is 17.5. The van der Waals surface area contributed by atoms with Gasteiger partial charge in [-0.25, -0.2) is 0 Å². The first-order valence-corrected chi connectivity index (χ1v) is 9.31. The van der Waals surface area contributed by atoms with E-state index in [1.165, 1.54) is 14.0 Å². The maximum Gasteiger partial charge on any atom is 0.279 e. The summed E-state index contributed by atoms with van der Waals surface area (Å²) in [5.74, 6) is 0.445. The number of nitrogens with one attached hydrogen (secondary N) is 4. The predicted octanol–water partition coefficient (Wildman–Crippen LogP) is 0.754. The Morgan fingerprint density at radius 3 is 2.00 bits per heavy atom. The van der Waals surface area contributed by atoms with Crippen molar-refractivity contribution in [1.82, 2.24) is 0 Å². The van der Waals surface area contributed by atoms with Crippen LogP contribution in [0.1, 0.15) is 6.92 Å². The van der Waals surface area contributed by atoms with Gasteiger partial charge in [0.15, 0.2) is 13.1 Å². The molecule has 0 aliphatic rings. The van der Waals surface area contributed by atoms with Crippen LogP contribution in [0.4, 0.5) is 17.1 Å². The SMILES string of the molecule is COc1ccc(NC(=O)C[NH+](C)CC(=O)Nc2cc(NC(C)=O)ccc2OC)cc1. The average Bonchev–Trinajstić information content (AvgIpc) is 2.68. The van der Waals surface area contributed by atoms with Crippen molar-refractivity contribution in [1.29, 1.82) is 0 Å². The highest BCUT2D eigenvalue weighted by Crippen LogP contribution is 2.27. The first-order chi connectivity index (χ1) is 14.3. The second kappa shape index (κ2) is 10.8. The molecule has 2 rings (SSSR count). The molecule has 0 spiro atoms. The first kappa shape index (κ1) is 22.7. The van der Waals surface area contributed by atoms with E-state index in [1.54, 1.807) is 56.6 Å². The van der Waals surface area contributed by atoms with E-state index in [2.05, 4.69) is 16.0 Å². The van der Waals surface area contributed by atoms with Crippen molar-refractivity contribution in [2.24, 2.45) is 0 Å². The molecule has 0 bridgehead atoms. The number of hydrogen-bond acceptors (Lipinski definition) is 5. The van der Waals surface area contributed by atoms with Crippen molar-refractivity contribution in [3.63, 3.8) is 0 Å². The van der Waals surface area contributed by atoms with E-state index in [-0.39, 0.29) is 30.8 Å². The second-order valence-electron chi connectivity index (χ2n) is 6.73. The smallest absolute Gasteiger partial charge is 0.279 e. The highest BCUT2D eigenvalue weighted by molar-refractivity contribution is 5.96. The van der Waals surface area contributed by atoms with E-state index in [9.17, 15) is 14.4 Å². The van der Waals surface area contributed by atoms with Gasteiger partial charge in [0.2, 0.25) is 5.91 Å². The van der Waals surface area contributed by atoms with E-state index in [0.29, 0.717) is 33.5 Å². The van der Waals surface area contributed by atoms with Crippen LogP contribution in [0.15, 0.2) is 42.5 Å². The summed E-state index contributed by atoms with van der Waals surface area (Å²) in [5.41, 5.74) is 1.62. The average molecular weight is 415 g/mol. The Morgan fingerprint density at radius 1 is 0.833 bits per heavy atom. The minimum Gasteiger partial charge on any atom is -0.497 e. The van der Waals surface area contributed by atoms with Gasteiger partial charge in [0.1, 0.15) is 11.5 Å². The highest BCUT2D eigenvalue weighted by atomic mass is 16.5. The number of benzene rings is 2. The van der Waals surface area contributed by atoms with E-state index < -0.39 is 0 Å². The van der Waals surface area contributed by atoms with E-state index in [1.807, 2.05) is 0 Å². The van der Waals surface area contributed by atoms with Crippen molar-refractivity contribution in [3.05, 3.63) is 42.5 Å². The fourth-order valence-corrected chi connectivity index (χ4v) is 2.77. The zero-order chi connectivity index (χ0) is 22.1. The Balaban J connectivity index is 1.90. The minimum atomic E-state index is -0.289. The number of methoxy groups -OCH3 is 2. The van der Waals surface area contributed by atoms with Gasteiger partial charge in [0.25, 0.3) is 11.8 Å². The van der Waals surface area contributed by atoms with Crippen molar-refractivity contribution in [3.8, 4) is 11.5 Å². The molecular formula is C21H27N4O5+. The molecule has 4 N–H and O–H groups in total. The number of amides is 3. The summed E-state index contributed by atoms with van der Waals surface area (Å²) in [5, 5.41) is 8.20. The highest BCUT2D eigenvalue weighted by Gasteiger charge is 2.16. The summed E-state index contributed by atoms with van der Waals surface area (Å²) in [6.07, 6.45) is 0. The van der Waals surface area contributed by atoms with Gasteiger partial charge in [-0.3, -0.25) is 14.4 Å². The van der Waals surface area contributed by atoms with Crippen LogP contribution in [0, 0.1) is 0 Å². The van der Waals surface area contributed by atoms with Gasteiger partial charge in [0.05, 0.1) is 27.0 Å². The summed E-state index contributed by atoms with van der Waals surface area (Å²) >= 11 is 0. The number of anilines is 3. The molecule has 2 aromatic carbocycles. The fourth-order valence-electron chi connectivity index (χ4n) is 2.77. The molecule has 0 radical (unpaired) electrons. The molecule has 0 aliphatic carbocycles. The number of rotatable bonds is 9. The maximum atomic E-state index is 12.4. The molecule has 3 amide bonds. The Hall–Kier alpha value is -3.59. The molecule has 9 nitrogen and oxygen atoms in total. The standard InChI is InChI=1S/C21H26N4O5/c1-14(26)22-16-7-10-19(30-4)18(11-16)24-21(28)13-25(2)12-20(27)23-15-5-8-17(29-3)9-6-15/h5-11H,12-13H2,1-4H3,(H,22,26)(H,23,27)(H,24,28)/p+1. The van der Waals surface area contributed by atoms with E-state index in [4.69, 9.17) is 9.47 Å². The van der Waals surface area contributed by atoms with Crippen LogP contribution in [0.25, 0.3) is 0 Å². The van der Waals surface area contributed by atoms with Crippen LogP contribution in [-0.4, -0.2) is 52.1 Å². The topological polar surface area (TPSA) is 110 Å². The zero-order valence-electron chi connectivity index (χ0n) is 17.5. The number of carbonyl (C=O) groups is 3. The predicted molar refractivity (Wildman–Crippen MR) is 114 cm³/mol. The number of hydrogen-bond donors (Lipinski definition) is 4. The number of carbonyl (C=O) groups excluding carboxylic acids is 3. The van der Waals surface area contributed by atoms with Gasteiger partial charge in [-0.15, -0.1) is 0 Å². The van der Waals surface area contributed by atoms with Crippen molar-refractivity contribution in [2.45, 2.75) is 6.92 Å². The van der Waals surface area contributed by atoms with Crippen LogP contribution in [0.3, 0.4) is 0 Å². The third-order valence-electron chi connectivity index (χ3n) is 4.09. The minimum absolute atomic E-state index is 0.0730. The third-order valence-corrected chi connectivity index (χ3v) is 4.09. The van der Waals surface area contributed by atoms with E-state index in [0.717, 1.165) is 0 Å². The number of ether oxygens (including phenoxy) is 2. The lowest BCUT2D eigenvalue weighted by atomic mass is 10.2. The number of likely N-dealkylation sites (N-methyl/N-ethyl adjacent to an activating group) is 1. The molecule has 0 saturated carbocycles. The van der Waals surface area contributed by atoms with Gasteiger partial charge in [-0.2, -0.15) is 0 Å². The molecule has 2 aromatic rings. The van der Waals surface area contributed by atoms with E-state index >= 15 is 0 Å². The van der Waals surface area contributed by atoms with Crippen LogP contribution < -0.4 is 30.3 Å². The summed E-state index contributed by atoms with van der Waals surface area (Å²) in [6.45, 7) is 1.59. The Bertz CT molecular complexity index is 899. The summed E-state index contributed by atoms with van der Waals surface area (Å²) in [6, 6.07) is 11.9. The van der Waals surface area contributed by atoms with Gasteiger partial charge in [-0.1, -0.05) is 0 Å². The Kier molecular flexibility index (Phi) is 8.18. The summed E-state index contributed by atoms with van der Waals surface area (Å²) in [7, 11) is 4.81. The largest absolute Gasteiger partial charge is 0.497 e. The normalized spacial score (nSPS) is 11.2. The Labute approximate surface area is 175 Å². The van der Waals surface area contributed by atoms with Crippen LogP contribution in [0.2, 0.25) is 0 Å². The number of quaternary nitrogens is 1. The van der Waals surface area contributed by atoms with Gasteiger partial charge in [0, 0.05) is 18.3 Å². The monoisotopic (exact) mass is 415 g/mol. The van der Waals surface area contributed by atoms with Gasteiger partial charge in [-0.05, 0) is 42.5 Å². The first-order valence-electron chi connectivity index (χ1n) is 9.31. The second-order valence-corrected chi connectivity index (χ2v) is 6.73. The maximum absolute atomic E-state index is 12.4. The molecule has 1 atom stereocenters. The molecule has 0 aliphatic heterocycles. The summed E-state index contributed by atoms with van der Waals surface area (Å²) < 4.78 is 10.3. The van der Waals surface area contributed by atoms with Gasteiger partial charge >= 0.3 is 0 Å². The van der Waals surface area contributed by atoms with Crippen molar-refractivity contribution in [2.75, 3.05) is 50.3 Å². The molecule has 9 heteroatoms. The molecular weight excluding hydrogens is 388 g/mol. The molecule has 0 aromatic heterocycles. The van der Waals surface area contributed by atoms with Crippen molar-refractivity contribution < 1.29 is 28.8 Å². The molecule has 1 unspecified atom stereocenters. The lowest BCUT2D eigenvalue weighted by Gasteiger charge is -2.15. The molecule has 0 fully saturated rings. The molecule has 30 heavy (non-hydrogen) atoms. The van der Waals surface area contributed by atoms with Crippen LogP contribution in [-0.2, 0) is 14.4 Å². The molecule has 160 valence electrons.